The number of imide groups is 1. The van der Waals surface area contributed by atoms with E-state index in [1.54, 1.807) is 12.1 Å². The number of hydrogen-bond acceptors (Lipinski definition) is 6. The first-order chi connectivity index (χ1) is 15.4. The van der Waals surface area contributed by atoms with Gasteiger partial charge in [-0.05, 0) is 36.6 Å². The number of rotatable bonds is 5. The van der Waals surface area contributed by atoms with Gasteiger partial charge in [0, 0.05) is 23.8 Å². The van der Waals surface area contributed by atoms with E-state index in [0.29, 0.717) is 36.2 Å². The number of carbonyl (C=O) groups excluding carboxylic acids is 3. The smallest absolute Gasteiger partial charge is 0.250 e. The Morgan fingerprint density at radius 2 is 1.81 bits per heavy atom. The lowest BCUT2D eigenvalue weighted by atomic mass is 9.76. The molecule has 3 heterocycles. The summed E-state index contributed by atoms with van der Waals surface area (Å²) in [6, 6.07) is 11.2. The molecule has 166 valence electrons. The quantitative estimate of drug-likeness (QED) is 0.421. The molecule has 2 aromatic carbocycles. The summed E-state index contributed by atoms with van der Waals surface area (Å²) in [5.74, 6) is -2.94. The Morgan fingerprint density at radius 3 is 2.56 bits per heavy atom. The molecule has 1 spiro atoms. The lowest BCUT2D eigenvalue weighted by Gasteiger charge is -2.29. The largest absolute Gasteiger partial charge is 0.504 e. The summed E-state index contributed by atoms with van der Waals surface area (Å²) in [5, 5.41) is 25.8. The van der Waals surface area contributed by atoms with Crippen LogP contribution in [0.3, 0.4) is 0 Å². The Bertz CT molecular complexity index is 1130. The van der Waals surface area contributed by atoms with Gasteiger partial charge in [-0.2, -0.15) is 0 Å². The van der Waals surface area contributed by atoms with Crippen LogP contribution >= 0.6 is 0 Å². The van der Waals surface area contributed by atoms with E-state index in [-0.39, 0.29) is 29.2 Å². The molecule has 0 unspecified atom stereocenters. The van der Waals surface area contributed by atoms with Crippen molar-refractivity contribution in [1.82, 2.24) is 10.2 Å². The van der Waals surface area contributed by atoms with Crippen molar-refractivity contribution in [1.29, 1.82) is 0 Å². The topological polar surface area (TPSA) is 119 Å². The molecule has 3 amide bonds. The first-order valence-electron chi connectivity index (χ1n) is 10.9. The highest BCUT2D eigenvalue weighted by Gasteiger charge is 2.70. The number of phenols is 2. The molecular weight excluding hydrogens is 410 g/mol. The van der Waals surface area contributed by atoms with Crippen LogP contribution in [-0.4, -0.2) is 45.4 Å². The second-order valence-corrected chi connectivity index (χ2v) is 8.77. The first kappa shape index (κ1) is 20.5. The van der Waals surface area contributed by atoms with Gasteiger partial charge in [-0.3, -0.25) is 24.6 Å². The van der Waals surface area contributed by atoms with E-state index in [1.165, 1.54) is 17.0 Å². The summed E-state index contributed by atoms with van der Waals surface area (Å²) in [7, 11) is 0. The van der Waals surface area contributed by atoms with Crippen LogP contribution < -0.4 is 10.6 Å². The molecule has 4 N–H and O–H groups in total. The normalized spacial score (nSPS) is 28.3. The minimum atomic E-state index is -1.32. The zero-order valence-electron chi connectivity index (χ0n) is 17.7. The van der Waals surface area contributed by atoms with E-state index in [0.717, 1.165) is 6.42 Å². The zero-order valence-corrected chi connectivity index (χ0v) is 17.7. The molecule has 4 atom stereocenters. The molecule has 2 saturated heterocycles. The number of anilines is 1. The van der Waals surface area contributed by atoms with Gasteiger partial charge in [0.1, 0.15) is 5.54 Å². The molecule has 0 aromatic heterocycles. The highest BCUT2D eigenvalue weighted by Crippen LogP contribution is 2.53. The number of carbonyl (C=O) groups is 3. The molecule has 0 bridgehead atoms. The minimum absolute atomic E-state index is 0.232. The Morgan fingerprint density at radius 1 is 1.03 bits per heavy atom. The van der Waals surface area contributed by atoms with E-state index < -0.39 is 23.4 Å². The van der Waals surface area contributed by atoms with Gasteiger partial charge in [0.25, 0.3) is 0 Å². The molecule has 3 aliphatic rings. The Balaban J connectivity index is 1.59. The third kappa shape index (κ3) is 2.75. The van der Waals surface area contributed by atoms with E-state index >= 15 is 0 Å². The number of phenolic OH excluding ortho intramolecular Hbond substituents is 2. The maximum atomic E-state index is 13.5. The van der Waals surface area contributed by atoms with Crippen LogP contribution in [0.5, 0.6) is 11.5 Å². The predicted octanol–water partition coefficient (Wildman–Crippen LogP) is 1.86. The van der Waals surface area contributed by atoms with Gasteiger partial charge in [0.05, 0.1) is 11.8 Å². The van der Waals surface area contributed by atoms with Gasteiger partial charge in [0.2, 0.25) is 17.7 Å². The monoisotopic (exact) mass is 435 g/mol. The van der Waals surface area contributed by atoms with Crippen LogP contribution in [0.1, 0.15) is 30.9 Å². The second-order valence-electron chi connectivity index (χ2n) is 8.77. The van der Waals surface area contributed by atoms with Crippen molar-refractivity contribution in [2.75, 3.05) is 11.9 Å². The third-order valence-electron chi connectivity index (χ3n) is 6.94. The Hall–Kier alpha value is -3.39. The number of likely N-dealkylation sites (tertiary alicyclic amines) is 1. The number of benzene rings is 2. The highest BCUT2D eigenvalue weighted by atomic mass is 16.3. The average molecular weight is 435 g/mol. The molecule has 3 aliphatic heterocycles. The predicted molar refractivity (Wildman–Crippen MR) is 116 cm³/mol. The van der Waals surface area contributed by atoms with Gasteiger partial charge >= 0.3 is 0 Å². The second kappa shape index (κ2) is 7.34. The summed E-state index contributed by atoms with van der Waals surface area (Å²) in [6.07, 6.45) is 1.86. The number of unbranched alkanes of at least 4 members (excludes halogenated alkanes) is 1. The van der Waals surface area contributed by atoms with E-state index in [1.807, 2.05) is 25.1 Å². The van der Waals surface area contributed by atoms with E-state index in [4.69, 9.17) is 0 Å². The lowest BCUT2D eigenvalue weighted by Crippen LogP contribution is -2.53. The summed E-state index contributed by atoms with van der Waals surface area (Å²) in [5.41, 5.74) is 0.680. The number of aromatic hydroxyl groups is 2. The molecule has 32 heavy (non-hydrogen) atoms. The van der Waals surface area contributed by atoms with Crippen molar-refractivity contribution < 1.29 is 24.6 Å². The van der Waals surface area contributed by atoms with Crippen LogP contribution in [0.2, 0.25) is 0 Å². The number of nitrogens with one attached hydrogen (secondary N) is 2. The first-order valence-corrected chi connectivity index (χ1v) is 10.9. The number of amides is 3. The molecule has 8 nitrogen and oxygen atoms in total. The fraction of sp³-hybridized carbons (Fsp3) is 0.375. The highest BCUT2D eigenvalue weighted by molar-refractivity contribution is 6.15. The van der Waals surface area contributed by atoms with Crippen molar-refractivity contribution in [2.45, 2.75) is 37.8 Å². The molecule has 2 aromatic rings. The Labute approximate surface area is 185 Å². The fourth-order valence-corrected chi connectivity index (χ4v) is 5.48. The fourth-order valence-electron chi connectivity index (χ4n) is 5.48. The van der Waals surface area contributed by atoms with Crippen molar-refractivity contribution in [3.05, 3.63) is 53.6 Å². The maximum absolute atomic E-state index is 13.5. The van der Waals surface area contributed by atoms with Crippen molar-refractivity contribution >= 4 is 23.4 Å². The molecule has 0 aliphatic carbocycles. The van der Waals surface area contributed by atoms with Crippen LogP contribution in [0.15, 0.2) is 42.5 Å². The van der Waals surface area contributed by atoms with Gasteiger partial charge < -0.3 is 15.5 Å². The summed E-state index contributed by atoms with van der Waals surface area (Å²) in [6.45, 7) is 2.34. The number of hydrogen-bond donors (Lipinski definition) is 4. The number of fused-ring (bicyclic) bond motifs is 4. The van der Waals surface area contributed by atoms with Gasteiger partial charge in [-0.15, -0.1) is 0 Å². The molecular formula is C24H25N3O5. The SMILES string of the molecule is CCCCN1C(=O)[C@@H]2[C@H](Cc3ccc(O)c(O)c3)N[C@]3(C(=O)Nc4ccccc43)[C@@H]2C1=O. The van der Waals surface area contributed by atoms with Crippen LogP contribution in [-0.2, 0) is 26.3 Å². The molecule has 0 radical (unpaired) electrons. The van der Waals surface area contributed by atoms with Gasteiger partial charge in [0.15, 0.2) is 11.5 Å². The molecule has 5 rings (SSSR count). The summed E-state index contributed by atoms with van der Waals surface area (Å²) in [4.78, 5) is 41.6. The van der Waals surface area contributed by atoms with Crippen LogP contribution in [0.25, 0.3) is 0 Å². The standard InChI is InChI=1S/C24H25N3O5/c1-2-3-10-27-21(30)19-16(11-13-8-9-17(28)18(29)12-13)26-24(20(19)22(27)31)14-6-4-5-7-15(14)25-23(24)32/h4-9,12,16,19-20,26,28-29H,2-3,10-11H2,1H3,(H,25,32)/t16-,19+,20-,24-/m0/s1. The zero-order chi connectivity index (χ0) is 22.6. The van der Waals surface area contributed by atoms with Gasteiger partial charge in [-0.25, -0.2) is 0 Å². The average Bonchev–Trinajstić information content (AvgIpc) is 3.34. The van der Waals surface area contributed by atoms with Crippen molar-refractivity contribution in [3.63, 3.8) is 0 Å². The summed E-state index contributed by atoms with van der Waals surface area (Å²) >= 11 is 0. The molecule has 2 fully saturated rings. The number of nitrogens with zero attached hydrogens (tertiary/aromatic N) is 1. The van der Waals surface area contributed by atoms with Crippen LogP contribution in [0, 0.1) is 11.8 Å². The van der Waals surface area contributed by atoms with Crippen LogP contribution in [0.4, 0.5) is 5.69 Å². The number of para-hydroxylation sites is 1. The van der Waals surface area contributed by atoms with E-state index in [9.17, 15) is 24.6 Å². The van der Waals surface area contributed by atoms with Gasteiger partial charge in [-0.1, -0.05) is 37.6 Å². The van der Waals surface area contributed by atoms with Crippen molar-refractivity contribution in [3.8, 4) is 11.5 Å². The Kier molecular flexibility index (Phi) is 4.70. The molecule has 0 saturated carbocycles. The summed E-state index contributed by atoms with van der Waals surface area (Å²) < 4.78 is 0. The lowest BCUT2D eigenvalue weighted by molar-refractivity contribution is -0.142. The van der Waals surface area contributed by atoms with Crippen molar-refractivity contribution in [2.24, 2.45) is 11.8 Å². The maximum Gasteiger partial charge on any atom is 0.250 e. The minimum Gasteiger partial charge on any atom is -0.504 e. The third-order valence-corrected chi connectivity index (χ3v) is 6.94. The molecule has 8 heteroatoms. The van der Waals surface area contributed by atoms with E-state index in [2.05, 4.69) is 10.6 Å².